The van der Waals surface area contributed by atoms with Crippen molar-refractivity contribution >= 4 is 34.1 Å². The lowest BCUT2D eigenvalue weighted by Gasteiger charge is -2.11. The highest BCUT2D eigenvalue weighted by molar-refractivity contribution is 7.17. The Morgan fingerprint density at radius 2 is 1.79 bits per heavy atom. The molecule has 0 saturated carbocycles. The molecule has 1 aliphatic rings. The Morgan fingerprint density at radius 3 is 2.46 bits per heavy atom. The summed E-state index contributed by atoms with van der Waals surface area (Å²) in [6.45, 7) is 0. The summed E-state index contributed by atoms with van der Waals surface area (Å²) in [7, 11) is 0. The van der Waals surface area contributed by atoms with Crippen molar-refractivity contribution in [2.45, 2.75) is 25.7 Å². The molecule has 2 amide bonds. The molecule has 124 valence electrons. The number of aromatic carboxylic acids is 1. The molecule has 2 aromatic rings. The van der Waals surface area contributed by atoms with Gasteiger partial charge < -0.3 is 16.2 Å². The van der Waals surface area contributed by atoms with Gasteiger partial charge in [-0.25, -0.2) is 14.8 Å². The molecule has 0 fully saturated rings. The minimum atomic E-state index is -1.35. The zero-order valence-electron chi connectivity index (χ0n) is 12.5. The van der Waals surface area contributed by atoms with Crippen molar-refractivity contribution in [1.29, 1.82) is 0 Å². The van der Waals surface area contributed by atoms with Gasteiger partial charge in [0, 0.05) is 17.3 Å². The Kier molecular flexibility index (Phi) is 4.26. The molecule has 8 nitrogen and oxygen atoms in total. The maximum Gasteiger partial charge on any atom is 0.356 e. The number of nitrogens with two attached hydrogens (primary N) is 1. The van der Waals surface area contributed by atoms with E-state index in [2.05, 4.69) is 15.3 Å². The predicted molar refractivity (Wildman–Crippen MR) is 86.4 cm³/mol. The van der Waals surface area contributed by atoms with Crippen molar-refractivity contribution in [3.05, 3.63) is 39.8 Å². The molecule has 24 heavy (non-hydrogen) atoms. The number of aryl methyl sites for hydroxylation is 1. The highest BCUT2D eigenvalue weighted by Gasteiger charge is 2.27. The molecule has 0 saturated heterocycles. The maximum absolute atomic E-state index is 12.4. The van der Waals surface area contributed by atoms with Crippen LogP contribution in [0.1, 0.15) is 54.6 Å². The van der Waals surface area contributed by atoms with Crippen molar-refractivity contribution < 1.29 is 19.5 Å². The number of aromatic nitrogens is 2. The second kappa shape index (κ2) is 6.36. The third kappa shape index (κ3) is 2.85. The van der Waals surface area contributed by atoms with E-state index < -0.39 is 23.5 Å². The molecule has 0 aromatic carbocycles. The van der Waals surface area contributed by atoms with Gasteiger partial charge in [0.25, 0.3) is 11.8 Å². The summed E-state index contributed by atoms with van der Waals surface area (Å²) >= 11 is 1.30. The molecule has 0 spiro atoms. The van der Waals surface area contributed by atoms with Crippen LogP contribution in [0.4, 0.5) is 5.00 Å². The first kappa shape index (κ1) is 16.1. The van der Waals surface area contributed by atoms with Crippen LogP contribution in [0.2, 0.25) is 0 Å². The second-order valence-corrected chi connectivity index (χ2v) is 6.40. The minimum absolute atomic E-state index is 0.309. The van der Waals surface area contributed by atoms with Gasteiger partial charge in [0.15, 0.2) is 11.4 Å². The molecule has 3 rings (SSSR count). The number of hydrogen-bond acceptors (Lipinski definition) is 6. The lowest BCUT2D eigenvalue weighted by Crippen LogP contribution is -2.21. The van der Waals surface area contributed by atoms with Crippen LogP contribution in [0.25, 0.3) is 0 Å². The number of nitrogens with zero attached hydrogens (tertiary/aromatic N) is 2. The molecule has 0 atom stereocenters. The molecule has 1 aliphatic carbocycles. The van der Waals surface area contributed by atoms with E-state index in [1.54, 1.807) is 0 Å². The third-order valence-electron chi connectivity index (χ3n) is 3.76. The van der Waals surface area contributed by atoms with Crippen molar-refractivity contribution in [3.8, 4) is 0 Å². The Hall–Kier alpha value is -2.81. The standard InChI is InChI=1S/C15H14N4O4S/c16-12(20)9-7-3-1-2-4-8(7)24-14(9)19-13(21)10-11(15(22)23)18-6-5-17-10/h5-6H,1-4H2,(H2,16,20)(H,19,21)(H,22,23). The van der Waals surface area contributed by atoms with Gasteiger partial charge in [0.1, 0.15) is 5.00 Å². The van der Waals surface area contributed by atoms with E-state index in [0.717, 1.165) is 36.1 Å². The molecule has 0 aliphatic heterocycles. The lowest BCUT2D eigenvalue weighted by molar-refractivity contribution is 0.0684. The fourth-order valence-electron chi connectivity index (χ4n) is 2.74. The maximum atomic E-state index is 12.4. The Balaban J connectivity index is 1.97. The first-order chi connectivity index (χ1) is 11.5. The van der Waals surface area contributed by atoms with Gasteiger partial charge in [-0.3, -0.25) is 9.59 Å². The van der Waals surface area contributed by atoms with E-state index in [9.17, 15) is 14.4 Å². The number of nitrogens with one attached hydrogen (secondary N) is 1. The predicted octanol–water partition coefficient (Wildman–Crippen LogP) is 1.47. The van der Waals surface area contributed by atoms with E-state index in [-0.39, 0.29) is 5.69 Å². The molecular weight excluding hydrogens is 332 g/mol. The fourth-order valence-corrected chi connectivity index (χ4v) is 4.03. The molecule has 2 aromatic heterocycles. The summed E-state index contributed by atoms with van der Waals surface area (Å²) in [5, 5.41) is 12.0. The number of anilines is 1. The highest BCUT2D eigenvalue weighted by atomic mass is 32.1. The zero-order valence-corrected chi connectivity index (χ0v) is 13.4. The smallest absolute Gasteiger partial charge is 0.356 e. The first-order valence-electron chi connectivity index (χ1n) is 7.29. The Labute approximate surface area is 140 Å². The molecule has 4 N–H and O–H groups in total. The normalized spacial score (nSPS) is 13.2. The monoisotopic (exact) mass is 346 g/mol. The molecular formula is C15H14N4O4S. The average Bonchev–Trinajstić information content (AvgIpc) is 2.92. The highest BCUT2D eigenvalue weighted by Crippen LogP contribution is 2.38. The van der Waals surface area contributed by atoms with Gasteiger partial charge in [-0.15, -0.1) is 11.3 Å². The molecule has 2 heterocycles. The Bertz CT molecular complexity index is 846. The van der Waals surface area contributed by atoms with Crippen LogP contribution in [0.15, 0.2) is 12.4 Å². The van der Waals surface area contributed by atoms with Gasteiger partial charge in [-0.05, 0) is 31.2 Å². The average molecular weight is 346 g/mol. The number of hydrogen-bond donors (Lipinski definition) is 3. The van der Waals surface area contributed by atoms with Gasteiger partial charge in [0.2, 0.25) is 0 Å². The van der Waals surface area contributed by atoms with Gasteiger partial charge in [-0.1, -0.05) is 0 Å². The van der Waals surface area contributed by atoms with Crippen molar-refractivity contribution in [2.75, 3.05) is 5.32 Å². The number of rotatable bonds is 4. The lowest BCUT2D eigenvalue weighted by atomic mass is 9.95. The summed E-state index contributed by atoms with van der Waals surface area (Å²) in [6, 6.07) is 0. The van der Waals surface area contributed by atoms with Gasteiger partial charge in [0.05, 0.1) is 5.56 Å². The topological polar surface area (TPSA) is 135 Å². The second-order valence-electron chi connectivity index (χ2n) is 5.29. The molecule has 0 radical (unpaired) electrons. The first-order valence-corrected chi connectivity index (χ1v) is 8.10. The summed E-state index contributed by atoms with van der Waals surface area (Å²) in [6.07, 6.45) is 5.99. The minimum Gasteiger partial charge on any atom is -0.476 e. The van der Waals surface area contributed by atoms with E-state index in [1.807, 2.05) is 0 Å². The molecule has 9 heteroatoms. The third-order valence-corrected chi connectivity index (χ3v) is 4.97. The van der Waals surface area contributed by atoms with Crippen LogP contribution >= 0.6 is 11.3 Å². The van der Waals surface area contributed by atoms with Crippen molar-refractivity contribution in [2.24, 2.45) is 5.73 Å². The number of carbonyl (C=O) groups excluding carboxylic acids is 2. The van der Waals surface area contributed by atoms with E-state index in [1.165, 1.54) is 23.7 Å². The number of carbonyl (C=O) groups is 3. The zero-order chi connectivity index (χ0) is 17.3. The summed E-state index contributed by atoms with van der Waals surface area (Å²) in [5.74, 6) is -2.70. The van der Waals surface area contributed by atoms with Crippen LogP contribution in [0, 0.1) is 0 Å². The van der Waals surface area contributed by atoms with Crippen LogP contribution in [0.3, 0.4) is 0 Å². The number of amides is 2. The summed E-state index contributed by atoms with van der Waals surface area (Å²) in [4.78, 5) is 43.8. The number of thiophene rings is 1. The van der Waals surface area contributed by atoms with Crippen molar-refractivity contribution in [1.82, 2.24) is 9.97 Å². The van der Waals surface area contributed by atoms with E-state index in [4.69, 9.17) is 10.8 Å². The number of carboxylic acids is 1. The quantitative estimate of drug-likeness (QED) is 0.767. The SMILES string of the molecule is NC(=O)c1c(NC(=O)c2nccnc2C(=O)O)sc2c1CCCC2. The van der Waals surface area contributed by atoms with Crippen molar-refractivity contribution in [3.63, 3.8) is 0 Å². The summed E-state index contributed by atoms with van der Waals surface area (Å²) < 4.78 is 0. The number of primary amides is 1. The van der Waals surface area contributed by atoms with Crippen LogP contribution in [-0.2, 0) is 12.8 Å². The van der Waals surface area contributed by atoms with E-state index in [0.29, 0.717) is 10.6 Å². The van der Waals surface area contributed by atoms with Gasteiger partial charge in [-0.2, -0.15) is 0 Å². The molecule has 0 unspecified atom stereocenters. The van der Waals surface area contributed by atoms with Crippen LogP contribution in [0.5, 0.6) is 0 Å². The van der Waals surface area contributed by atoms with Crippen LogP contribution < -0.4 is 11.1 Å². The Morgan fingerprint density at radius 1 is 1.12 bits per heavy atom. The largest absolute Gasteiger partial charge is 0.476 e. The van der Waals surface area contributed by atoms with Gasteiger partial charge >= 0.3 is 5.97 Å². The van der Waals surface area contributed by atoms with E-state index >= 15 is 0 Å². The number of fused-ring (bicyclic) bond motifs is 1. The van der Waals surface area contributed by atoms with Crippen LogP contribution in [-0.4, -0.2) is 32.9 Å². The fraction of sp³-hybridized carbons (Fsp3) is 0.267. The molecule has 0 bridgehead atoms. The number of carboxylic acid groups (broad SMARTS) is 1. The summed E-state index contributed by atoms with van der Waals surface area (Å²) in [5.41, 5.74) is 5.90.